The van der Waals surface area contributed by atoms with E-state index in [0.29, 0.717) is 11.3 Å². The molecule has 5 heteroatoms. The van der Waals surface area contributed by atoms with Gasteiger partial charge in [0.2, 0.25) is 0 Å². The molecule has 1 unspecified atom stereocenters. The molecule has 0 saturated heterocycles. The van der Waals surface area contributed by atoms with Crippen molar-refractivity contribution in [3.63, 3.8) is 0 Å². The molecule has 1 heterocycles. The van der Waals surface area contributed by atoms with Gasteiger partial charge in [-0.3, -0.25) is 0 Å². The number of hydrogen-bond acceptors (Lipinski definition) is 4. The van der Waals surface area contributed by atoms with Crippen molar-refractivity contribution >= 4 is 0 Å². The molecular formula is C25H42N4O. The number of hydrogen-bond donors (Lipinski definition) is 1. The minimum absolute atomic E-state index is 0.362. The summed E-state index contributed by atoms with van der Waals surface area (Å²) in [6.07, 6.45) is 12.7. The highest BCUT2D eigenvalue weighted by Gasteiger charge is 2.58. The molecule has 0 aliphatic heterocycles. The average molecular weight is 415 g/mol. The van der Waals surface area contributed by atoms with Crippen LogP contribution in [0.1, 0.15) is 90.8 Å². The minimum Gasteiger partial charge on any atom is -0.390 e. The van der Waals surface area contributed by atoms with Gasteiger partial charge in [-0.05, 0) is 123 Å². The van der Waals surface area contributed by atoms with Crippen LogP contribution in [0.25, 0.3) is 0 Å². The molecule has 4 aliphatic carbocycles. The lowest BCUT2D eigenvalue weighted by Gasteiger charge is -2.57. The Morgan fingerprint density at radius 1 is 1.07 bits per heavy atom. The summed E-state index contributed by atoms with van der Waals surface area (Å²) in [5, 5.41) is 23.7. The maximum Gasteiger partial charge on any atom is 0.171 e. The lowest BCUT2D eigenvalue weighted by molar-refractivity contribution is -0.109. The van der Waals surface area contributed by atoms with Gasteiger partial charge < -0.3 is 5.11 Å². The van der Waals surface area contributed by atoms with Crippen LogP contribution in [0.15, 0.2) is 0 Å². The minimum atomic E-state index is -0.362. The first-order valence-electron chi connectivity index (χ1n) is 12.8. The Kier molecular flexibility index (Phi) is 5.27. The second kappa shape index (κ2) is 7.56. The first-order chi connectivity index (χ1) is 14.3. The van der Waals surface area contributed by atoms with Crippen LogP contribution < -0.4 is 0 Å². The molecule has 0 radical (unpaired) electrons. The van der Waals surface area contributed by atoms with Gasteiger partial charge in [0.05, 0.1) is 12.1 Å². The van der Waals surface area contributed by atoms with Gasteiger partial charge in [0.15, 0.2) is 5.82 Å². The SMILES string of the molecule is CC[C@@]1(O)CC[C@H]2[C@@H](CC[C@@H]3[C@@H]2CC[C@]2(C)[C@@H](C(C)Cn4nnc(C)n4)CC[C@@H]32)C1. The number of rotatable bonds is 4. The van der Waals surface area contributed by atoms with E-state index in [1.54, 1.807) is 0 Å². The number of fused-ring (bicyclic) bond motifs is 5. The number of aryl methyl sites for hydroxylation is 1. The van der Waals surface area contributed by atoms with Crippen LogP contribution in [0, 0.1) is 53.8 Å². The molecule has 4 fully saturated rings. The summed E-state index contributed by atoms with van der Waals surface area (Å²) in [5.41, 5.74) is 0.126. The third-order valence-electron chi connectivity index (χ3n) is 10.5. The molecule has 30 heavy (non-hydrogen) atoms. The van der Waals surface area contributed by atoms with E-state index in [4.69, 9.17) is 0 Å². The zero-order valence-corrected chi connectivity index (χ0v) is 19.6. The Bertz CT molecular complexity index is 764. The van der Waals surface area contributed by atoms with E-state index in [-0.39, 0.29) is 5.60 Å². The van der Waals surface area contributed by atoms with E-state index in [9.17, 15) is 5.11 Å². The number of tetrazole rings is 1. The number of aliphatic hydroxyl groups is 1. The third-order valence-corrected chi connectivity index (χ3v) is 10.5. The molecule has 1 aromatic rings. The zero-order chi connectivity index (χ0) is 21.1. The monoisotopic (exact) mass is 414 g/mol. The van der Waals surface area contributed by atoms with Crippen molar-refractivity contribution in [2.24, 2.45) is 46.8 Å². The van der Waals surface area contributed by atoms with Gasteiger partial charge >= 0.3 is 0 Å². The van der Waals surface area contributed by atoms with Crippen molar-refractivity contribution in [2.45, 2.75) is 104 Å². The molecule has 4 aliphatic rings. The second-order valence-electron chi connectivity index (χ2n) is 11.9. The summed E-state index contributed by atoms with van der Waals surface area (Å²) in [6.45, 7) is 10.1. The van der Waals surface area contributed by atoms with E-state index in [1.165, 1.54) is 44.9 Å². The molecular weight excluding hydrogens is 372 g/mol. The molecule has 0 spiro atoms. The summed E-state index contributed by atoms with van der Waals surface area (Å²) in [5.74, 6) is 6.60. The largest absolute Gasteiger partial charge is 0.390 e. The van der Waals surface area contributed by atoms with Gasteiger partial charge in [0.25, 0.3) is 0 Å². The molecule has 0 bridgehead atoms. The molecule has 0 amide bonds. The van der Waals surface area contributed by atoms with Crippen LogP contribution in [0.5, 0.6) is 0 Å². The maximum atomic E-state index is 10.9. The van der Waals surface area contributed by atoms with Gasteiger partial charge in [0, 0.05) is 0 Å². The smallest absolute Gasteiger partial charge is 0.171 e. The fourth-order valence-corrected chi connectivity index (χ4v) is 9.04. The van der Waals surface area contributed by atoms with Gasteiger partial charge in [-0.25, -0.2) is 0 Å². The molecule has 4 saturated carbocycles. The highest BCUT2D eigenvalue weighted by molar-refractivity contribution is 5.07. The van der Waals surface area contributed by atoms with Crippen molar-refractivity contribution in [1.82, 2.24) is 20.2 Å². The topological polar surface area (TPSA) is 63.8 Å². The Balaban J connectivity index is 1.29. The van der Waals surface area contributed by atoms with Crippen LogP contribution in [0.2, 0.25) is 0 Å². The Labute approximate surface area is 182 Å². The molecule has 168 valence electrons. The molecule has 5 nitrogen and oxygen atoms in total. The fourth-order valence-electron chi connectivity index (χ4n) is 9.04. The number of nitrogens with zero attached hydrogens (tertiary/aromatic N) is 4. The summed E-state index contributed by atoms with van der Waals surface area (Å²) < 4.78 is 0. The number of aromatic nitrogens is 4. The van der Waals surface area contributed by atoms with Crippen LogP contribution in [0.4, 0.5) is 0 Å². The lowest BCUT2D eigenvalue weighted by atomic mass is 9.48. The predicted octanol–water partition coefficient (Wildman–Crippen LogP) is 5.03. The Hall–Kier alpha value is -0.970. The van der Waals surface area contributed by atoms with Crippen molar-refractivity contribution in [3.05, 3.63) is 5.82 Å². The van der Waals surface area contributed by atoms with E-state index in [2.05, 4.69) is 36.2 Å². The molecule has 1 N–H and O–H groups in total. The zero-order valence-electron chi connectivity index (χ0n) is 19.6. The van der Waals surface area contributed by atoms with Gasteiger partial charge in [-0.1, -0.05) is 20.8 Å². The van der Waals surface area contributed by atoms with Crippen LogP contribution in [-0.4, -0.2) is 30.9 Å². The van der Waals surface area contributed by atoms with Gasteiger partial charge in [-0.2, -0.15) is 4.80 Å². The summed E-state index contributed by atoms with van der Waals surface area (Å²) in [6, 6.07) is 0. The molecule has 5 rings (SSSR count). The van der Waals surface area contributed by atoms with E-state index < -0.39 is 0 Å². The van der Waals surface area contributed by atoms with E-state index in [0.717, 1.165) is 67.1 Å². The normalized spacial score (nSPS) is 46.7. The van der Waals surface area contributed by atoms with Gasteiger partial charge in [0.1, 0.15) is 0 Å². The highest BCUT2D eigenvalue weighted by atomic mass is 16.3. The second-order valence-corrected chi connectivity index (χ2v) is 11.9. The quantitative estimate of drug-likeness (QED) is 0.751. The summed E-state index contributed by atoms with van der Waals surface area (Å²) >= 11 is 0. The van der Waals surface area contributed by atoms with Crippen LogP contribution >= 0.6 is 0 Å². The first-order valence-corrected chi connectivity index (χ1v) is 12.8. The Morgan fingerprint density at radius 3 is 2.60 bits per heavy atom. The first kappa shape index (κ1) is 20.9. The van der Waals surface area contributed by atoms with Gasteiger partial charge in [-0.15, -0.1) is 10.2 Å². The summed E-state index contributed by atoms with van der Waals surface area (Å²) in [7, 11) is 0. The Morgan fingerprint density at radius 2 is 1.87 bits per heavy atom. The molecule has 0 aromatic carbocycles. The fraction of sp³-hybridized carbons (Fsp3) is 0.960. The average Bonchev–Trinajstić information content (AvgIpc) is 3.29. The van der Waals surface area contributed by atoms with Crippen molar-refractivity contribution in [2.75, 3.05) is 0 Å². The van der Waals surface area contributed by atoms with E-state index in [1.807, 2.05) is 11.7 Å². The third kappa shape index (κ3) is 3.34. The molecule has 1 aromatic heterocycles. The van der Waals surface area contributed by atoms with Crippen LogP contribution in [-0.2, 0) is 6.54 Å². The maximum absolute atomic E-state index is 10.9. The summed E-state index contributed by atoms with van der Waals surface area (Å²) in [4.78, 5) is 1.82. The van der Waals surface area contributed by atoms with Crippen molar-refractivity contribution in [3.8, 4) is 0 Å². The standard InChI is InChI=1S/C25H42N4O/c1-5-25(30)13-11-19-18(14-25)6-7-21-20(19)10-12-24(4)22(8-9-23(21)24)16(2)15-29-27-17(3)26-28-29/h16,18-23,30H,5-15H2,1-4H3/t16?,18-,19-,20+,21+,22+,23-,24+,25+/m0/s1. The van der Waals surface area contributed by atoms with E-state index >= 15 is 0 Å². The highest BCUT2D eigenvalue weighted by Crippen LogP contribution is 2.65. The molecule has 9 atom stereocenters. The van der Waals surface area contributed by atoms with Crippen molar-refractivity contribution < 1.29 is 5.11 Å². The van der Waals surface area contributed by atoms with Crippen LogP contribution in [0.3, 0.4) is 0 Å². The lowest BCUT2D eigenvalue weighted by Crippen LogP contribution is -2.51. The predicted molar refractivity (Wildman–Crippen MR) is 118 cm³/mol. The van der Waals surface area contributed by atoms with Crippen molar-refractivity contribution in [1.29, 1.82) is 0 Å².